The molecule has 0 amide bonds. The minimum absolute atomic E-state index is 0.0369. The van der Waals surface area contributed by atoms with Crippen molar-refractivity contribution in [2.24, 2.45) is 10.9 Å². The third-order valence-corrected chi connectivity index (χ3v) is 6.75. The Morgan fingerprint density at radius 1 is 0.545 bits per heavy atom. The Balaban J connectivity index is 0.000000139. The van der Waals surface area contributed by atoms with Crippen molar-refractivity contribution in [1.29, 1.82) is 0 Å². The number of fused-ring (bicyclic) bond motifs is 4. The fourth-order valence-corrected chi connectivity index (χ4v) is 5.03. The van der Waals surface area contributed by atoms with Crippen molar-refractivity contribution >= 4 is 5.71 Å². The van der Waals surface area contributed by atoms with E-state index in [0.29, 0.717) is 5.71 Å². The molecule has 0 saturated heterocycles. The third-order valence-electron chi connectivity index (χ3n) is 6.75. The van der Waals surface area contributed by atoms with Crippen molar-refractivity contribution in [1.82, 2.24) is 0 Å². The van der Waals surface area contributed by atoms with Crippen LogP contribution in [0.2, 0.25) is 0 Å². The van der Waals surface area contributed by atoms with Gasteiger partial charge in [-0.1, -0.05) is 102 Å². The molecule has 0 unspecified atom stereocenters. The molecule has 0 atom stereocenters. The highest BCUT2D eigenvalue weighted by Crippen LogP contribution is 2.30. The predicted octanol–water partition coefficient (Wildman–Crippen LogP) is 5.85. The minimum atomic E-state index is 0.0369. The Labute approximate surface area is 195 Å². The molecule has 0 saturated carbocycles. The second-order valence-corrected chi connectivity index (χ2v) is 8.64. The zero-order chi connectivity index (χ0) is 22.6. The second kappa shape index (κ2) is 9.43. The van der Waals surface area contributed by atoms with E-state index in [0.717, 1.165) is 36.8 Å². The molecule has 4 aromatic carbocycles. The molecule has 0 heterocycles. The Kier molecular flexibility index (Phi) is 6.05. The van der Waals surface area contributed by atoms with Crippen LogP contribution in [0.3, 0.4) is 0 Å². The molecule has 4 aromatic rings. The van der Waals surface area contributed by atoms with Gasteiger partial charge in [0.05, 0.1) is 6.04 Å². The first kappa shape index (κ1) is 21.2. The van der Waals surface area contributed by atoms with Crippen LogP contribution in [0.1, 0.15) is 50.5 Å². The number of rotatable bonds is 0. The van der Waals surface area contributed by atoms with E-state index in [1.165, 1.54) is 33.4 Å². The molecule has 6 rings (SSSR count). The fraction of sp³-hybridized carbons (Fsp3) is 0.167. The van der Waals surface area contributed by atoms with Crippen molar-refractivity contribution < 1.29 is 5.21 Å². The lowest BCUT2D eigenvalue weighted by Crippen LogP contribution is -2.13. The van der Waals surface area contributed by atoms with Gasteiger partial charge in [0.2, 0.25) is 0 Å². The molecule has 0 radical (unpaired) electrons. The summed E-state index contributed by atoms with van der Waals surface area (Å²) in [5.41, 5.74) is 17.0. The van der Waals surface area contributed by atoms with Crippen LogP contribution < -0.4 is 5.73 Å². The van der Waals surface area contributed by atoms with Gasteiger partial charge in [-0.3, -0.25) is 0 Å². The van der Waals surface area contributed by atoms with E-state index in [-0.39, 0.29) is 6.04 Å². The van der Waals surface area contributed by atoms with Crippen LogP contribution in [0.15, 0.2) is 102 Å². The minimum Gasteiger partial charge on any atom is -0.410 e. The zero-order valence-corrected chi connectivity index (χ0v) is 18.6. The summed E-state index contributed by atoms with van der Waals surface area (Å²) >= 11 is 0. The fourth-order valence-electron chi connectivity index (χ4n) is 5.03. The average molecular weight is 433 g/mol. The Morgan fingerprint density at radius 2 is 0.909 bits per heavy atom. The standard InChI is InChI=1S/C15H13NO.C15H15N/c17-16-15-13-7-3-1-5-11(13)9-10-12-6-2-4-8-14(12)15;16-15-13-7-3-1-5-11(13)9-10-12-6-2-4-8-14(12)15/h1-8,17H,9-10H2;1-8,15H,9-10,16H2. The van der Waals surface area contributed by atoms with E-state index in [1.807, 2.05) is 36.4 Å². The summed E-state index contributed by atoms with van der Waals surface area (Å²) in [4.78, 5) is 0. The maximum Gasteiger partial charge on any atom is 0.117 e. The lowest BCUT2D eigenvalue weighted by molar-refractivity contribution is 0.319. The highest BCUT2D eigenvalue weighted by molar-refractivity contribution is 6.14. The molecule has 3 nitrogen and oxygen atoms in total. The van der Waals surface area contributed by atoms with Gasteiger partial charge in [0.1, 0.15) is 5.71 Å². The van der Waals surface area contributed by atoms with E-state index >= 15 is 0 Å². The first-order valence-electron chi connectivity index (χ1n) is 11.6. The Hall–Kier alpha value is -3.69. The number of nitrogens with zero attached hydrogens (tertiary/aromatic N) is 1. The number of nitrogens with two attached hydrogens (primary N) is 1. The predicted molar refractivity (Wildman–Crippen MR) is 134 cm³/mol. The summed E-state index contributed by atoms with van der Waals surface area (Å²) in [6.45, 7) is 0. The summed E-state index contributed by atoms with van der Waals surface area (Å²) in [6, 6.07) is 33.4. The van der Waals surface area contributed by atoms with Crippen LogP contribution in [-0.4, -0.2) is 10.9 Å². The summed E-state index contributed by atoms with van der Waals surface area (Å²) in [5, 5.41) is 12.8. The van der Waals surface area contributed by atoms with Gasteiger partial charge < -0.3 is 10.9 Å². The Bertz CT molecular complexity index is 1210. The number of benzene rings is 4. The van der Waals surface area contributed by atoms with Crippen LogP contribution in [0.25, 0.3) is 0 Å². The quantitative estimate of drug-likeness (QED) is 0.271. The lowest BCUT2D eigenvalue weighted by Gasteiger charge is -2.14. The number of hydrogen-bond acceptors (Lipinski definition) is 3. The SMILES string of the molecule is NC1c2ccccc2CCc2ccccc21.ON=C1c2ccccc2CCc2ccccc21. The molecule has 164 valence electrons. The van der Waals surface area contributed by atoms with Gasteiger partial charge in [-0.2, -0.15) is 0 Å². The molecule has 0 bridgehead atoms. The maximum absolute atomic E-state index is 9.30. The molecule has 33 heavy (non-hydrogen) atoms. The molecular weight excluding hydrogens is 404 g/mol. The molecule has 0 spiro atoms. The monoisotopic (exact) mass is 432 g/mol. The smallest absolute Gasteiger partial charge is 0.117 e. The van der Waals surface area contributed by atoms with Gasteiger partial charge in [0, 0.05) is 11.1 Å². The second-order valence-electron chi connectivity index (χ2n) is 8.64. The van der Waals surface area contributed by atoms with Crippen LogP contribution in [0.5, 0.6) is 0 Å². The summed E-state index contributed by atoms with van der Waals surface area (Å²) in [7, 11) is 0. The van der Waals surface area contributed by atoms with Gasteiger partial charge >= 0.3 is 0 Å². The first-order valence-corrected chi connectivity index (χ1v) is 11.6. The maximum atomic E-state index is 9.30. The normalized spacial score (nSPS) is 14.3. The molecule has 0 fully saturated rings. The van der Waals surface area contributed by atoms with Crippen molar-refractivity contribution in [3.63, 3.8) is 0 Å². The van der Waals surface area contributed by atoms with Crippen molar-refractivity contribution in [3.8, 4) is 0 Å². The van der Waals surface area contributed by atoms with Crippen LogP contribution in [0, 0.1) is 0 Å². The molecule has 2 aliphatic rings. The highest BCUT2D eigenvalue weighted by Gasteiger charge is 2.20. The molecule has 0 aliphatic heterocycles. The highest BCUT2D eigenvalue weighted by atomic mass is 16.4. The van der Waals surface area contributed by atoms with E-state index in [4.69, 9.17) is 5.73 Å². The van der Waals surface area contributed by atoms with Crippen LogP contribution in [0.4, 0.5) is 0 Å². The van der Waals surface area contributed by atoms with E-state index in [2.05, 4.69) is 65.8 Å². The summed E-state index contributed by atoms with van der Waals surface area (Å²) in [6.07, 6.45) is 4.18. The third kappa shape index (κ3) is 4.20. The average Bonchev–Trinajstić information content (AvgIpc) is 3.13. The van der Waals surface area contributed by atoms with Crippen LogP contribution in [-0.2, 0) is 25.7 Å². The van der Waals surface area contributed by atoms with Gasteiger partial charge in [-0.25, -0.2) is 0 Å². The van der Waals surface area contributed by atoms with Gasteiger partial charge in [-0.15, -0.1) is 0 Å². The summed E-state index contributed by atoms with van der Waals surface area (Å²) < 4.78 is 0. The number of aryl methyl sites for hydroxylation is 4. The zero-order valence-electron chi connectivity index (χ0n) is 18.6. The van der Waals surface area contributed by atoms with E-state index < -0.39 is 0 Å². The van der Waals surface area contributed by atoms with Crippen LogP contribution >= 0.6 is 0 Å². The van der Waals surface area contributed by atoms with E-state index in [9.17, 15) is 5.21 Å². The molecule has 0 aromatic heterocycles. The molecule has 2 aliphatic carbocycles. The largest absolute Gasteiger partial charge is 0.410 e. The van der Waals surface area contributed by atoms with Crippen molar-refractivity contribution in [2.75, 3.05) is 0 Å². The first-order chi connectivity index (χ1) is 16.3. The molecule has 3 N–H and O–H groups in total. The van der Waals surface area contributed by atoms with Gasteiger partial charge in [0.15, 0.2) is 0 Å². The topological polar surface area (TPSA) is 58.6 Å². The van der Waals surface area contributed by atoms with E-state index in [1.54, 1.807) is 0 Å². The Morgan fingerprint density at radius 3 is 1.36 bits per heavy atom. The van der Waals surface area contributed by atoms with Crippen molar-refractivity contribution in [2.45, 2.75) is 31.7 Å². The van der Waals surface area contributed by atoms with Gasteiger partial charge in [-0.05, 0) is 59.1 Å². The van der Waals surface area contributed by atoms with Gasteiger partial charge in [0.25, 0.3) is 0 Å². The summed E-state index contributed by atoms with van der Waals surface area (Å²) in [5.74, 6) is 0. The van der Waals surface area contributed by atoms with Crippen molar-refractivity contribution in [3.05, 3.63) is 142 Å². The molecule has 3 heteroatoms. The number of hydrogen-bond donors (Lipinski definition) is 2. The molecular formula is C30H28N2O. The lowest BCUT2D eigenvalue weighted by atomic mass is 9.96. The number of oxime groups is 1.